The number of hydrogen-bond acceptors (Lipinski definition) is 5. The molecule has 0 aliphatic carbocycles. The fourth-order valence-corrected chi connectivity index (χ4v) is 2.10. The molecule has 0 fully saturated rings. The SMILES string of the molecule is Cc1cc(NCC(=O)Nc2ccc([N+](=O)[O-])cc2)ccc1C(N)=O. The van der Waals surface area contributed by atoms with Crippen molar-refractivity contribution in [2.75, 3.05) is 17.2 Å². The van der Waals surface area contributed by atoms with Crippen LogP contribution in [0.4, 0.5) is 17.1 Å². The van der Waals surface area contributed by atoms with Crippen LogP contribution >= 0.6 is 0 Å². The summed E-state index contributed by atoms with van der Waals surface area (Å²) < 4.78 is 0. The van der Waals surface area contributed by atoms with E-state index in [0.29, 0.717) is 22.5 Å². The number of nitrogens with one attached hydrogen (secondary N) is 2. The highest BCUT2D eigenvalue weighted by atomic mass is 16.6. The molecule has 2 rings (SSSR count). The Morgan fingerprint density at radius 2 is 1.75 bits per heavy atom. The van der Waals surface area contributed by atoms with E-state index in [1.807, 2.05) is 0 Å². The summed E-state index contributed by atoms with van der Waals surface area (Å²) >= 11 is 0. The smallest absolute Gasteiger partial charge is 0.269 e. The first-order chi connectivity index (χ1) is 11.4. The topological polar surface area (TPSA) is 127 Å². The molecular formula is C16H16N4O4. The van der Waals surface area contributed by atoms with Gasteiger partial charge < -0.3 is 16.4 Å². The van der Waals surface area contributed by atoms with E-state index in [-0.39, 0.29) is 18.1 Å². The summed E-state index contributed by atoms with van der Waals surface area (Å²) in [6, 6.07) is 10.5. The van der Waals surface area contributed by atoms with Crippen LogP contribution in [-0.4, -0.2) is 23.3 Å². The molecule has 0 aliphatic rings. The lowest BCUT2D eigenvalue weighted by molar-refractivity contribution is -0.384. The molecule has 8 heteroatoms. The fraction of sp³-hybridized carbons (Fsp3) is 0.125. The number of nitro groups is 1. The summed E-state index contributed by atoms with van der Waals surface area (Å²) in [7, 11) is 0. The number of benzene rings is 2. The van der Waals surface area contributed by atoms with Gasteiger partial charge >= 0.3 is 0 Å². The van der Waals surface area contributed by atoms with Gasteiger partial charge in [-0.2, -0.15) is 0 Å². The zero-order valence-electron chi connectivity index (χ0n) is 12.9. The minimum Gasteiger partial charge on any atom is -0.376 e. The Labute approximate surface area is 137 Å². The van der Waals surface area contributed by atoms with Crippen LogP contribution in [-0.2, 0) is 4.79 Å². The average Bonchev–Trinajstić information content (AvgIpc) is 2.53. The Morgan fingerprint density at radius 3 is 2.29 bits per heavy atom. The predicted octanol–water partition coefficient (Wildman–Crippen LogP) is 2.05. The van der Waals surface area contributed by atoms with Crippen molar-refractivity contribution in [2.24, 2.45) is 5.73 Å². The van der Waals surface area contributed by atoms with Gasteiger partial charge in [-0.05, 0) is 42.8 Å². The first-order valence-electron chi connectivity index (χ1n) is 7.05. The van der Waals surface area contributed by atoms with Crippen molar-refractivity contribution in [3.8, 4) is 0 Å². The number of carbonyl (C=O) groups excluding carboxylic acids is 2. The molecular weight excluding hydrogens is 312 g/mol. The Bertz CT molecular complexity index is 787. The van der Waals surface area contributed by atoms with Crippen molar-refractivity contribution < 1.29 is 14.5 Å². The number of primary amides is 1. The van der Waals surface area contributed by atoms with E-state index in [1.54, 1.807) is 25.1 Å². The highest BCUT2D eigenvalue weighted by Gasteiger charge is 2.08. The molecule has 0 bridgehead atoms. The van der Waals surface area contributed by atoms with Crippen molar-refractivity contribution >= 4 is 28.9 Å². The van der Waals surface area contributed by atoms with Gasteiger partial charge in [0.15, 0.2) is 0 Å². The number of nitro benzene ring substituents is 1. The van der Waals surface area contributed by atoms with E-state index in [2.05, 4.69) is 10.6 Å². The Hall–Kier alpha value is -3.42. The maximum atomic E-state index is 11.9. The van der Waals surface area contributed by atoms with Crippen LogP contribution in [0.3, 0.4) is 0 Å². The van der Waals surface area contributed by atoms with Gasteiger partial charge in [-0.15, -0.1) is 0 Å². The van der Waals surface area contributed by atoms with Crippen molar-refractivity contribution in [1.82, 2.24) is 0 Å². The third kappa shape index (κ3) is 4.29. The molecule has 0 aliphatic heterocycles. The third-order valence-electron chi connectivity index (χ3n) is 3.31. The van der Waals surface area contributed by atoms with Gasteiger partial charge in [0.25, 0.3) is 5.69 Å². The molecule has 4 N–H and O–H groups in total. The quantitative estimate of drug-likeness (QED) is 0.552. The highest BCUT2D eigenvalue weighted by molar-refractivity contribution is 5.95. The largest absolute Gasteiger partial charge is 0.376 e. The molecule has 0 spiro atoms. The van der Waals surface area contributed by atoms with Gasteiger partial charge in [0.2, 0.25) is 11.8 Å². The molecule has 0 heterocycles. The maximum Gasteiger partial charge on any atom is 0.269 e. The molecule has 8 nitrogen and oxygen atoms in total. The molecule has 0 saturated heterocycles. The number of aryl methyl sites for hydroxylation is 1. The lowest BCUT2D eigenvalue weighted by Crippen LogP contribution is -2.22. The number of carbonyl (C=O) groups is 2. The van der Waals surface area contributed by atoms with Crippen LogP contribution in [0.5, 0.6) is 0 Å². The minimum atomic E-state index is -0.509. The van der Waals surface area contributed by atoms with Crippen molar-refractivity contribution in [1.29, 1.82) is 0 Å². The number of amides is 2. The number of hydrogen-bond donors (Lipinski definition) is 3. The summed E-state index contributed by atoms with van der Waals surface area (Å²) in [5.74, 6) is -0.810. The molecule has 2 aromatic rings. The predicted molar refractivity (Wildman–Crippen MR) is 89.9 cm³/mol. The van der Waals surface area contributed by atoms with Crippen molar-refractivity contribution in [3.05, 3.63) is 63.7 Å². The normalized spacial score (nSPS) is 10.0. The number of anilines is 2. The van der Waals surface area contributed by atoms with E-state index >= 15 is 0 Å². The van der Waals surface area contributed by atoms with Crippen LogP contribution in [0.1, 0.15) is 15.9 Å². The molecule has 124 valence electrons. The summed E-state index contributed by atoms with van der Waals surface area (Å²) in [4.78, 5) is 33.1. The van der Waals surface area contributed by atoms with E-state index in [9.17, 15) is 19.7 Å². The fourth-order valence-electron chi connectivity index (χ4n) is 2.10. The zero-order chi connectivity index (χ0) is 17.7. The lowest BCUT2D eigenvalue weighted by Gasteiger charge is -2.09. The molecule has 0 unspecified atom stereocenters. The van der Waals surface area contributed by atoms with E-state index in [4.69, 9.17) is 5.73 Å². The lowest BCUT2D eigenvalue weighted by atomic mass is 10.1. The van der Waals surface area contributed by atoms with Gasteiger partial charge in [-0.25, -0.2) is 0 Å². The van der Waals surface area contributed by atoms with Crippen molar-refractivity contribution in [2.45, 2.75) is 6.92 Å². The van der Waals surface area contributed by atoms with Gasteiger partial charge in [-0.3, -0.25) is 19.7 Å². The van der Waals surface area contributed by atoms with Crippen LogP contribution in [0.15, 0.2) is 42.5 Å². The standard InChI is InChI=1S/C16H16N4O4/c1-10-8-12(4-7-14(10)16(17)22)18-9-15(21)19-11-2-5-13(6-3-11)20(23)24/h2-8,18H,9H2,1H3,(H2,17,22)(H,19,21). The van der Waals surface area contributed by atoms with Crippen LogP contribution < -0.4 is 16.4 Å². The second-order valence-corrected chi connectivity index (χ2v) is 5.10. The molecule has 24 heavy (non-hydrogen) atoms. The second kappa shape index (κ2) is 7.23. The maximum absolute atomic E-state index is 11.9. The molecule has 0 aromatic heterocycles. The van der Waals surface area contributed by atoms with Crippen LogP contribution in [0.25, 0.3) is 0 Å². The van der Waals surface area contributed by atoms with Gasteiger partial charge in [0.1, 0.15) is 0 Å². The first kappa shape index (κ1) is 16.9. The third-order valence-corrected chi connectivity index (χ3v) is 3.31. The molecule has 2 aromatic carbocycles. The molecule has 0 radical (unpaired) electrons. The molecule has 2 amide bonds. The number of non-ortho nitro benzene ring substituents is 1. The monoisotopic (exact) mass is 328 g/mol. The first-order valence-corrected chi connectivity index (χ1v) is 7.05. The van der Waals surface area contributed by atoms with Gasteiger partial charge in [0, 0.05) is 29.1 Å². The van der Waals surface area contributed by atoms with Gasteiger partial charge in [0.05, 0.1) is 11.5 Å². The minimum absolute atomic E-state index is 0.00630. The number of rotatable bonds is 6. The summed E-state index contributed by atoms with van der Waals surface area (Å²) in [6.45, 7) is 1.76. The summed E-state index contributed by atoms with van der Waals surface area (Å²) in [6.07, 6.45) is 0. The van der Waals surface area contributed by atoms with Crippen LogP contribution in [0.2, 0.25) is 0 Å². The zero-order valence-corrected chi connectivity index (χ0v) is 12.9. The second-order valence-electron chi connectivity index (χ2n) is 5.10. The van der Waals surface area contributed by atoms with Gasteiger partial charge in [-0.1, -0.05) is 0 Å². The summed E-state index contributed by atoms with van der Waals surface area (Å²) in [5, 5.41) is 16.1. The van der Waals surface area contributed by atoms with E-state index in [1.165, 1.54) is 24.3 Å². The Kier molecular flexibility index (Phi) is 5.10. The number of nitrogens with two attached hydrogens (primary N) is 1. The summed E-state index contributed by atoms with van der Waals surface area (Å²) in [5.41, 5.74) is 7.47. The Morgan fingerprint density at radius 1 is 1.12 bits per heavy atom. The van der Waals surface area contributed by atoms with E-state index in [0.717, 1.165) is 0 Å². The Balaban J connectivity index is 1.92. The van der Waals surface area contributed by atoms with E-state index < -0.39 is 10.8 Å². The molecule has 0 atom stereocenters. The molecule has 0 saturated carbocycles. The highest BCUT2D eigenvalue weighted by Crippen LogP contribution is 2.16. The van der Waals surface area contributed by atoms with Crippen LogP contribution in [0, 0.1) is 17.0 Å². The number of nitrogens with zero attached hydrogens (tertiary/aromatic N) is 1. The average molecular weight is 328 g/mol. The van der Waals surface area contributed by atoms with Crippen molar-refractivity contribution in [3.63, 3.8) is 0 Å².